The van der Waals surface area contributed by atoms with Gasteiger partial charge < -0.3 is 30.1 Å². The summed E-state index contributed by atoms with van der Waals surface area (Å²) in [6, 6.07) is 2.78. The predicted octanol–water partition coefficient (Wildman–Crippen LogP) is 1.35. The van der Waals surface area contributed by atoms with Gasteiger partial charge >= 0.3 is 5.97 Å². The number of ketones is 1. The minimum absolute atomic E-state index is 0.0738. The Hall–Kier alpha value is -3.17. The largest absolute Gasteiger partial charge is 0.507 e. The standard InChI is InChI=1S/C23H29NO8/c1-13-7-8-19(27)22(29)18(26)6-4-5-16-11-17(31-10-9-24-15(3)25)12-20(28)21(16)23(30)32-14(13)2/h4-5,7-8,11-14,18,22,26,28-29H,6,9-10H2,1-3H3,(H,24,25)/b5-4+,8-7-/t13-,14+,18+,22?/m1/s1. The van der Waals surface area contributed by atoms with Crippen LogP contribution in [-0.4, -0.2) is 64.4 Å². The van der Waals surface area contributed by atoms with E-state index < -0.39 is 30.1 Å². The first-order chi connectivity index (χ1) is 15.1. The fourth-order valence-corrected chi connectivity index (χ4v) is 2.94. The van der Waals surface area contributed by atoms with Crippen molar-refractivity contribution >= 4 is 23.7 Å². The second kappa shape index (κ2) is 11.4. The van der Waals surface area contributed by atoms with Gasteiger partial charge in [0.1, 0.15) is 35.9 Å². The number of benzene rings is 1. The number of carbonyl (C=O) groups excluding carboxylic acids is 3. The molecule has 1 unspecified atom stereocenters. The number of hydrogen-bond acceptors (Lipinski definition) is 8. The molecule has 9 nitrogen and oxygen atoms in total. The number of aliphatic hydroxyl groups is 2. The number of aromatic hydroxyl groups is 1. The van der Waals surface area contributed by atoms with E-state index in [1.165, 1.54) is 37.3 Å². The maximum Gasteiger partial charge on any atom is 0.342 e. The quantitative estimate of drug-likeness (QED) is 0.400. The molecule has 0 spiro atoms. The molecule has 0 bridgehead atoms. The highest BCUT2D eigenvalue weighted by Crippen LogP contribution is 2.31. The van der Waals surface area contributed by atoms with E-state index >= 15 is 0 Å². The molecular formula is C23H29NO8. The molecule has 1 heterocycles. The summed E-state index contributed by atoms with van der Waals surface area (Å²) in [5.74, 6) is -2.09. The van der Waals surface area contributed by atoms with Crippen molar-refractivity contribution in [3.05, 3.63) is 41.5 Å². The Bertz CT molecular complexity index is 908. The van der Waals surface area contributed by atoms with Crippen LogP contribution in [0, 0.1) is 5.92 Å². The van der Waals surface area contributed by atoms with Crippen LogP contribution in [-0.2, 0) is 14.3 Å². The number of aliphatic hydroxyl groups excluding tert-OH is 2. The van der Waals surface area contributed by atoms with Crippen molar-refractivity contribution in [2.75, 3.05) is 13.2 Å². The summed E-state index contributed by atoms with van der Waals surface area (Å²) in [6.07, 6.45) is 1.93. The highest BCUT2D eigenvalue weighted by molar-refractivity contribution is 5.97. The van der Waals surface area contributed by atoms with Gasteiger partial charge in [-0.25, -0.2) is 4.79 Å². The number of phenols is 1. The molecule has 2 rings (SSSR count). The van der Waals surface area contributed by atoms with E-state index in [0.29, 0.717) is 0 Å². The van der Waals surface area contributed by atoms with Crippen molar-refractivity contribution in [2.24, 2.45) is 5.92 Å². The highest BCUT2D eigenvalue weighted by atomic mass is 16.5. The number of cyclic esters (lactones) is 1. The van der Waals surface area contributed by atoms with Gasteiger partial charge in [-0.05, 0) is 31.1 Å². The van der Waals surface area contributed by atoms with Crippen LogP contribution in [0.2, 0.25) is 0 Å². The first-order valence-electron chi connectivity index (χ1n) is 10.3. The number of rotatable bonds is 4. The van der Waals surface area contributed by atoms with Gasteiger partial charge in [-0.2, -0.15) is 0 Å². The molecule has 1 aliphatic heterocycles. The number of carbonyl (C=O) groups is 3. The maximum atomic E-state index is 12.8. The summed E-state index contributed by atoms with van der Waals surface area (Å²) in [4.78, 5) is 35.8. The second-order valence-electron chi connectivity index (χ2n) is 7.62. The zero-order valence-corrected chi connectivity index (χ0v) is 18.3. The Kier molecular flexibility index (Phi) is 8.98. The molecule has 174 valence electrons. The van der Waals surface area contributed by atoms with Crippen molar-refractivity contribution in [2.45, 2.75) is 45.5 Å². The first-order valence-corrected chi connectivity index (χ1v) is 10.3. The fourth-order valence-electron chi connectivity index (χ4n) is 2.94. The molecule has 0 fully saturated rings. The van der Waals surface area contributed by atoms with Crippen LogP contribution in [0.5, 0.6) is 11.5 Å². The minimum Gasteiger partial charge on any atom is -0.507 e. The Labute approximate surface area is 186 Å². The van der Waals surface area contributed by atoms with Crippen molar-refractivity contribution in [1.82, 2.24) is 5.32 Å². The van der Waals surface area contributed by atoms with Crippen LogP contribution in [0.1, 0.15) is 43.1 Å². The van der Waals surface area contributed by atoms with Crippen molar-refractivity contribution in [3.8, 4) is 11.5 Å². The Morgan fingerprint density at radius 3 is 2.62 bits per heavy atom. The summed E-state index contributed by atoms with van der Waals surface area (Å²) in [5.41, 5.74) is 0.187. The van der Waals surface area contributed by atoms with Gasteiger partial charge in [0.05, 0.1) is 12.6 Å². The zero-order valence-electron chi connectivity index (χ0n) is 18.3. The van der Waals surface area contributed by atoms with E-state index in [-0.39, 0.29) is 54.0 Å². The van der Waals surface area contributed by atoms with Gasteiger partial charge in [0.25, 0.3) is 0 Å². The number of esters is 1. The van der Waals surface area contributed by atoms with E-state index in [1.54, 1.807) is 13.8 Å². The summed E-state index contributed by atoms with van der Waals surface area (Å²) in [6.45, 7) is 5.14. The molecule has 1 aromatic carbocycles. The molecule has 0 aliphatic carbocycles. The molecule has 32 heavy (non-hydrogen) atoms. The summed E-state index contributed by atoms with van der Waals surface area (Å²) < 4.78 is 11.0. The van der Waals surface area contributed by atoms with E-state index in [1.807, 2.05) is 0 Å². The van der Waals surface area contributed by atoms with Gasteiger partial charge in [-0.1, -0.05) is 25.2 Å². The molecule has 0 saturated carbocycles. The van der Waals surface area contributed by atoms with Gasteiger partial charge in [0, 0.05) is 18.9 Å². The SMILES string of the molecule is CC(=O)NCCOc1cc(O)c2c(c1)/C=C/C[C@H](O)C(O)C(=O)/C=C\[C@@H](C)[C@H](C)OC2=O. The van der Waals surface area contributed by atoms with Gasteiger partial charge in [-0.3, -0.25) is 9.59 Å². The Morgan fingerprint density at radius 2 is 1.94 bits per heavy atom. The molecule has 1 aliphatic rings. The van der Waals surface area contributed by atoms with E-state index in [0.717, 1.165) is 6.08 Å². The predicted molar refractivity (Wildman–Crippen MR) is 116 cm³/mol. The number of nitrogens with one attached hydrogen (secondary N) is 1. The molecule has 0 saturated heterocycles. The van der Waals surface area contributed by atoms with Crippen LogP contribution in [0.4, 0.5) is 0 Å². The van der Waals surface area contributed by atoms with E-state index in [2.05, 4.69) is 5.32 Å². The van der Waals surface area contributed by atoms with Crippen molar-refractivity contribution in [3.63, 3.8) is 0 Å². The Balaban J connectivity index is 2.38. The number of fused-ring (bicyclic) bond motifs is 1. The van der Waals surface area contributed by atoms with Crippen LogP contribution < -0.4 is 10.1 Å². The lowest BCUT2D eigenvalue weighted by molar-refractivity contribution is -0.127. The van der Waals surface area contributed by atoms with Crippen LogP contribution in [0.25, 0.3) is 6.08 Å². The van der Waals surface area contributed by atoms with Gasteiger partial charge in [0.2, 0.25) is 5.91 Å². The average molecular weight is 447 g/mol. The summed E-state index contributed by atoms with van der Waals surface area (Å²) in [7, 11) is 0. The molecule has 0 radical (unpaired) electrons. The molecule has 9 heteroatoms. The maximum absolute atomic E-state index is 12.8. The van der Waals surface area contributed by atoms with Gasteiger partial charge in [-0.15, -0.1) is 0 Å². The summed E-state index contributed by atoms with van der Waals surface area (Å²) >= 11 is 0. The third-order valence-corrected chi connectivity index (χ3v) is 5.00. The van der Waals surface area contributed by atoms with Crippen LogP contribution in [0.3, 0.4) is 0 Å². The normalized spacial score (nSPS) is 26.3. The molecule has 4 atom stereocenters. The molecule has 1 amide bonds. The molecule has 4 N–H and O–H groups in total. The molecular weight excluding hydrogens is 418 g/mol. The third kappa shape index (κ3) is 6.93. The molecule has 1 aromatic rings. The lowest BCUT2D eigenvalue weighted by atomic mass is 9.99. The van der Waals surface area contributed by atoms with Gasteiger partial charge in [0.15, 0.2) is 5.78 Å². The van der Waals surface area contributed by atoms with Crippen molar-refractivity contribution in [1.29, 1.82) is 0 Å². The fraction of sp³-hybridized carbons (Fsp3) is 0.435. The van der Waals surface area contributed by atoms with E-state index in [4.69, 9.17) is 9.47 Å². The second-order valence-corrected chi connectivity index (χ2v) is 7.62. The highest BCUT2D eigenvalue weighted by Gasteiger charge is 2.25. The van der Waals surface area contributed by atoms with E-state index in [9.17, 15) is 29.7 Å². The lowest BCUT2D eigenvalue weighted by Gasteiger charge is -2.20. The zero-order chi connectivity index (χ0) is 23.8. The van der Waals surface area contributed by atoms with Crippen LogP contribution in [0.15, 0.2) is 30.4 Å². The molecule has 0 aromatic heterocycles. The minimum atomic E-state index is -1.60. The smallest absolute Gasteiger partial charge is 0.342 e. The number of phenolic OH excluding ortho intramolecular Hbond substituents is 1. The third-order valence-electron chi connectivity index (χ3n) is 5.00. The first kappa shape index (κ1) is 25.1. The number of ether oxygens (including phenoxy) is 2. The average Bonchev–Trinajstić information content (AvgIpc) is 2.72. The van der Waals surface area contributed by atoms with Crippen molar-refractivity contribution < 1.29 is 39.2 Å². The number of hydrogen-bond donors (Lipinski definition) is 4. The number of amides is 1. The topological polar surface area (TPSA) is 142 Å². The lowest BCUT2D eigenvalue weighted by Crippen LogP contribution is -2.32. The van der Waals surface area contributed by atoms with Crippen LogP contribution >= 0.6 is 0 Å². The Morgan fingerprint density at radius 1 is 1.22 bits per heavy atom. The monoisotopic (exact) mass is 447 g/mol. The summed E-state index contributed by atoms with van der Waals surface area (Å²) in [5, 5.41) is 33.2.